The fourth-order valence-electron chi connectivity index (χ4n) is 1.04. The highest BCUT2D eigenvalue weighted by molar-refractivity contribution is 9.11. The van der Waals surface area contributed by atoms with E-state index in [9.17, 15) is 13.2 Å². The summed E-state index contributed by atoms with van der Waals surface area (Å²) in [6.07, 6.45) is 0. The summed E-state index contributed by atoms with van der Waals surface area (Å²) in [5.74, 6) is -1.13. The zero-order chi connectivity index (χ0) is 14.8. The number of hydrogen-bond donors (Lipinski definition) is 2. The molecule has 108 valence electrons. The number of anilines is 1. The molecule has 2 heterocycles. The number of thioether (sulfide) groups is 1. The van der Waals surface area contributed by atoms with E-state index < -0.39 is 16.0 Å². The number of nitrogens with one attached hydrogen (secondary N) is 1. The van der Waals surface area contributed by atoms with Crippen LogP contribution in [0, 0.1) is 0 Å². The molecular weight excluding hydrogens is 410 g/mol. The molecular formula is C8H6BrN3O4S4. The summed E-state index contributed by atoms with van der Waals surface area (Å²) in [6, 6.07) is 3.10. The van der Waals surface area contributed by atoms with E-state index in [4.69, 9.17) is 5.11 Å². The molecule has 2 aromatic rings. The van der Waals surface area contributed by atoms with Crippen molar-refractivity contribution in [3.63, 3.8) is 0 Å². The molecule has 0 spiro atoms. The zero-order valence-corrected chi connectivity index (χ0v) is 14.3. The van der Waals surface area contributed by atoms with E-state index in [0.717, 1.165) is 34.4 Å². The number of halogens is 1. The van der Waals surface area contributed by atoms with Crippen LogP contribution in [0.1, 0.15) is 0 Å². The number of thiophene rings is 1. The normalized spacial score (nSPS) is 11.4. The lowest BCUT2D eigenvalue weighted by atomic mass is 10.7. The van der Waals surface area contributed by atoms with E-state index in [-0.39, 0.29) is 15.1 Å². The van der Waals surface area contributed by atoms with Gasteiger partial charge in [0.2, 0.25) is 5.13 Å². The SMILES string of the molecule is O=C(O)CSc1nnc(NS(=O)(=O)c2ccc(Br)s2)s1. The molecule has 0 amide bonds. The van der Waals surface area contributed by atoms with Gasteiger partial charge in [-0.1, -0.05) is 23.1 Å². The smallest absolute Gasteiger partial charge is 0.313 e. The van der Waals surface area contributed by atoms with Gasteiger partial charge in [0.1, 0.15) is 4.21 Å². The minimum atomic E-state index is -3.69. The predicted molar refractivity (Wildman–Crippen MR) is 81.1 cm³/mol. The lowest BCUT2D eigenvalue weighted by Gasteiger charge is -2.00. The number of aromatic nitrogens is 2. The van der Waals surface area contributed by atoms with Crippen LogP contribution < -0.4 is 4.72 Å². The fourth-order valence-corrected chi connectivity index (χ4v) is 5.75. The molecule has 0 aliphatic carbocycles. The largest absolute Gasteiger partial charge is 0.481 e. The van der Waals surface area contributed by atoms with Crippen molar-refractivity contribution in [2.75, 3.05) is 10.5 Å². The average Bonchev–Trinajstić information content (AvgIpc) is 2.95. The number of carboxylic acids is 1. The Morgan fingerprint density at radius 3 is 2.75 bits per heavy atom. The molecule has 0 aliphatic heterocycles. The van der Waals surface area contributed by atoms with Crippen molar-refractivity contribution in [3.8, 4) is 0 Å². The Morgan fingerprint density at radius 1 is 1.40 bits per heavy atom. The van der Waals surface area contributed by atoms with E-state index in [1.165, 1.54) is 6.07 Å². The molecule has 2 rings (SSSR count). The predicted octanol–water partition coefficient (Wildman–Crippen LogP) is 2.34. The molecule has 0 aromatic carbocycles. The number of sulfonamides is 1. The Kier molecular flexibility index (Phi) is 5.01. The van der Waals surface area contributed by atoms with Crippen LogP contribution in [0.2, 0.25) is 0 Å². The van der Waals surface area contributed by atoms with Crippen LogP contribution in [-0.2, 0) is 14.8 Å². The van der Waals surface area contributed by atoms with Gasteiger partial charge in [-0.25, -0.2) is 8.42 Å². The summed E-state index contributed by atoms with van der Waals surface area (Å²) in [5, 5.41) is 16.0. The first-order chi connectivity index (χ1) is 9.37. The molecule has 0 fully saturated rings. The standard InChI is InChI=1S/C8H6BrN3O4S4/c9-4-1-2-6(18-4)20(15,16)12-7-10-11-8(19-7)17-3-5(13)14/h1-2H,3H2,(H,10,12)(H,13,14). The van der Waals surface area contributed by atoms with Gasteiger partial charge in [-0.2, -0.15) is 0 Å². The van der Waals surface area contributed by atoms with Gasteiger partial charge in [0, 0.05) is 0 Å². The van der Waals surface area contributed by atoms with E-state index in [2.05, 4.69) is 30.8 Å². The minimum Gasteiger partial charge on any atom is -0.481 e. The first-order valence-electron chi connectivity index (χ1n) is 4.83. The van der Waals surface area contributed by atoms with Crippen molar-refractivity contribution in [2.24, 2.45) is 0 Å². The van der Waals surface area contributed by atoms with E-state index in [1.807, 2.05) is 0 Å². The Labute approximate surface area is 134 Å². The molecule has 0 bridgehead atoms. The number of nitrogens with zero attached hydrogens (tertiary/aromatic N) is 2. The third kappa shape index (κ3) is 4.15. The lowest BCUT2D eigenvalue weighted by Crippen LogP contribution is -2.11. The second-order valence-corrected chi connectivity index (χ2v) is 9.79. The number of carbonyl (C=O) groups is 1. The van der Waals surface area contributed by atoms with Gasteiger partial charge < -0.3 is 5.11 Å². The third-order valence-electron chi connectivity index (χ3n) is 1.76. The molecule has 12 heteroatoms. The van der Waals surface area contributed by atoms with Gasteiger partial charge in [0.25, 0.3) is 10.0 Å². The summed E-state index contributed by atoms with van der Waals surface area (Å²) in [7, 11) is -3.69. The van der Waals surface area contributed by atoms with Crippen molar-refractivity contribution >= 4 is 71.5 Å². The Morgan fingerprint density at radius 2 is 2.15 bits per heavy atom. The van der Waals surface area contributed by atoms with E-state index >= 15 is 0 Å². The van der Waals surface area contributed by atoms with Crippen LogP contribution in [0.4, 0.5) is 5.13 Å². The van der Waals surface area contributed by atoms with Gasteiger partial charge in [0.15, 0.2) is 4.34 Å². The summed E-state index contributed by atoms with van der Waals surface area (Å²) in [6.45, 7) is 0. The van der Waals surface area contributed by atoms with Crippen molar-refractivity contribution < 1.29 is 18.3 Å². The summed E-state index contributed by atoms with van der Waals surface area (Å²) >= 11 is 6.23. The highest BCUT2D eigenvalue weighted by atomic mass is 79.9. The number of carboxylic acid groups (broad SMARTS) is 1. The molecule has 0 aliphatic rings. The summed E-state index contributed by atoms with van der Waals surface area (Å²) < 4.78 is 27.6. The molecule has 0 unspecified atom stereocenters. The number of aliphatic carboxylic acids is 1. The van der Waals surface area contributed by atoms with E-state index in [0.29, 0.717) is 8.13 Å². The number of rotatable bonds is 6. The Bertz CT molecular complexity index is 726. The maximum atomic E-state index is 12.0. The van der Waals surface area contributed by atoms with Gasteiger partial charge >= 0.3 is 5.97 Å². The topological polar surface area (TPSA) is 109 Å². The first kappa shape index (κ1) is 15.7. The molecule has 20 heavy (non-hydrogen) atoms. The quantitative estimate of drug-likeness (QED) is 0.696. The van der Waals surface area contributed by atoms with Crippen LogP contribution in [0.5, 0.6) is 0 Å². The highest BCUT2D eigenvalue weighted by Crippen LogP contribution is 2.30. The molecule has 2 aromatic heterocycles. The van der Waals surface area contributed by atoms with Gasteiger partial charge in [-0.05, 0) is 28.1 Å². The van der Waals surface area contributed by atoms with Crippen LogP contribution in [0.15, 0.2) is 24.5 Å². The monoisotopic (exact) mass is 415 g/mol. The molecule has 7 nitrogen and oxygen atoms in total. The second-order valence-electron chi connectivity index (χ2n) is 3.22. The summed E-state index contributed by atoms with van der Waals surface area (Å²) in [4.78, 5) is 10.4. The van der Waals surface area contributed by atoms with Crippen LogP contribution in [0.25, 0.3) is 0 Å². The maximum absolute atomic E-state index is 12.0. The molecule has 0 radical (unpaired) electrons. The van der Waals surface area contributed by atoms with Gasteiger partial charge in [0.05, 0.1) is 9.54 Å². The maximum Gasteiger partial charge on any atom is 0.313 e. The van der Waals surface area contributed by atoms with Crippen LogP contribution in [-0.4, -0.2) is 35.4 Å². The van der Waals surface area contributed by atoms with Crippen molar-refractivity contribution in [2.45, 2.75) is 8.55 Å². The molecule has 0 saturated carbocycles. The lowest BCUT2D eigenvalue weighted by molar-refractivity contribution is -0.133. The van der Waals surface area contributed by atoms with Crippen molar-refractivity contribution in [3.05, 3.63) is 15.9 Å². The molecule has 0 atom stereocenters. The summed E-state index contributed by atoms with van der Waals surface area (Å²) in [5.41, 5.74) is 0. The van der Waals surface area contributed by atoms with Gasteiger partial charge in [-0.3, -0.25) is 9.52 Å². The minimum absolute atomic E-state index is 0.0995. The zero-order valence-electron chi connectivity index (χ0n) is 9.44. The molecule has 2 N–H and O–H groups in total. The number of hydrogen-bond acceptors (Lipinski definition) is 8. The van der Waals surface area contributed by atoms with E-state index in [1.54, 1.807) is 6.07 Å². The third-order valence-corrected chi connectivity index (χ3v) is 7.30. The Balaban J connectivity index is 2.08. The molecule has 0 saturated heterocycles. The average molecular weight is 416 g/mol. The van der Waals surface area contributed by atoms with Crippen LogP contribution >= 0.6 is 50.4 Å². The van der Waals surface area contributed by atoms with Crippen LogP contribution in [0.3, 0.4) is 0 Å². The first-order valence-corrected chi connectivity index (χ1v) is 9.72. The highest BCUT2D eigenvalue weighted by Gasteiger charge is 2.19. The Hall–Kier alpha value is -0.690. The van der Waals surface area contributed by atoms with Crippen molar-refractivity contribution in [1.82, 2.24) is 10.2 Å². The van der Waals surface area contributed by atoms with Crippen molar-refractivity contribution in [1.29, 1.82) is 0 Å². The fraction of sp³-hybridized carbons (Fsp3) is 0.125. The second kappa shape index (κ2) is 6.39. The van der Waals surface area contributed by atoms with Gasteiger partial charge in [-0.15, -0.1) is 21.5 Å².